The van der Waals surface area contributed by atoms with Crippen molar-refractivity contribution >= 4 is 5.91 Å². The van der Waals surface area contributed by atoms with Crippen LogP contribution in [0.25, 0.3) is 11.3 Å². The predicted octanol–water partition coefficient (Wildman–Crippen LogP) is 4.88. The zero-order chi connectivity index (χ0) is 20.4. The molecule has 29 heavy (non-hydrogen) atoms. The van der Waals surface area contributed by atoms with E-state index in [2.05, 4.69) is 4.98 Å². The third-order valence-corrected chi connectivity index (χ3v) is 4.91. The van der Waals surface area contributed by atoms with Gasteiger partial charge in [0, 0.05) is 37.1 Å². The number of carbonyl (C=O) groups is 1. The standard InChI is InChI=1S/C22H19F3N2O2/c23-15-5-8-17(19(25)11-15)20-12-26-21(29-20)9-10-22(28)27(16-6-7-16)13-14-3-1-2-4-18(14)24/h1-5,8,11-12,16H,6-7,9-10,13H2. The van der Waals surface area contributed by atoms with E-state index >= 15 is 0 Å². The molecular formula is C22H19F3N2O2. The minimum absolute atomic E-state index is 0.107. The summed E-state index contributed by atoms with van der Waals surface area (Å²) in [6.07, 6.45) is 3.56. The number of halogens is 3. The molecule has 0 unspecified atom stereocenters. The predicted molar refractivity (Wildman–Crippen MR) is 100 cm³/mol. The zero-order valence-corrected chi connectivity index (χ0v) is 15.6. The van der Waals surface area contributed by atoms with Gasteiger partial charge in [-0.2, -0.15) is 0 Å². The molecule has 0 bridgehead atoms. The van der Waals surface area contributed by atoms with Crippen LogP contribution in [0.4, 0.5) is 13.2 Å². The van der Waals surface area contributed by atoms with Crippen molar-refractivity contribution in [1.29, 1.82) is 0 Å². The van der Waals surface area contributed by atoms with Gasteiger partial charge < -0.3 is 9.32 Å². The summed E-state index contributed by atoms with van der Waals surface area (Å²) in [4.78, 5) is 18.5. The van der Waals surface area contributed by atoms with Crippen molar-refractivity contribution in [3.8, 4) is 11.3 Å². The fraction of sp³-hybridized carbons (Fsp3) is 0.273. The molecule has 150 valence electrons. The quantitative estimate of drug-likeness (QED) is 0.568. The van der Waals surface area contributed by atoms with Crippen LogP contribution in [-0.2, 0) is 17.8 Å². The first-order valence-electron chi connectivity index (χ1n) is 9.44. The number of hydrogen-bond donors (Lipinski definition) is 0. The Hall–Kier alpha value is -3.09. The molecule has 1 aliphatic carbocycles. The zero-order valence-electron chi connectivity index (χ0n) is 15.6. The van der Waals surface area contributed by atoms with E-state index in [4.69, 9.17) is 4.42 Å². The maximum atomic E-state index is 14.0. The number of amides is 1. The van der Waals surface area contributed by atoms with Crippen molar-refractivity contribution in [3.05, 3.63) is 77.6 Å². The Balaban J connectivity index is 1.41. The average Bonchev–Trinajstić information content (AvgIpc) is 3.43. The largest absolute Gasteiger partial charge is 0.441 e. The lowest BCUT2D eigenvalue weighted by Gasteiger charge is -2.22. The first-order chi connectivity index (χ1) is 14.0. The molecule has 0 radical (unpaired) electrons. The number of benzene rings is 2. The van der Waals surface area contributed by atoms with Gasteiger partial charge in [0.15, 0.2) is 11.7 Å². The van der Waals surface area contributed by atoms with Crippen molar-refractivity contribution < 1.29 is 22.4 Å². The molecule has 1 heterocycles. The van der Waals surface area contributed by atoms with Gasteiger partial charge in [0.25, 0.3) is 0 Å². The minimum Gasteiger partial charge on any atom is -0.441 e. The molecule has 3 aromatic rings. The van der Waals surface area contributed by atoms with Gasteiger partial charge in [0.2, 0.25) is 5.91 Å². The lowest BCUT2D eigenvalue weighted by atomic mass is 10.1. The van der Waals surface area contributed by atoms with Crippen LogP contribution >= 0.6 is 0 Å². The van der Waals surface area contributed by atoms with Gasteiger partial charge in [-0.1, -0.05) is 18.2 Å². The lowest BCUT2D eigenvalue weighted by molar-refractivity contribution is -0.132. The highest BCUT2D eigenvalue weighted by molar-refractivity contribution is 5.77. The average molecular weight is 400 g/mol. The first-order valence-corrected chi connectivity index (χ1v) is 9.44. The van der Waals surface area contributed by atoms with Crippen LogP contribution in [0.3, 0.4) is 0 Å². The molecule has 0 saturated heterocycles. The molecule has 7 heteroatoms. The van der Waals surface area contributed by atoms with Crippen LogP contribution < -0.4 is 0 Å². The highest BCUT2D eigenvalue weighted by atomic mass is 19.1. The summed E-state index contributed by atoms with van der Waals surface area (Å²) in [6, 6.07) is 9.75. The first kappa shape index (κ1) is 19.2. The number of carbonyl (C=O) groups excluding carboxylic acids is 1. The molecular weight excluding hydrogens is 381 g/mol. The lowest BCUT2D eigenvalue weighted by Crippen LogP contribution is -2.33. The summed E-state index contributed by atoms with van der Waals surface area (Å²) in [7, 11) is 0. The number of rotatable bonds is 7. The van der Waals surface area contributed by atoms with Crippen LogP contribution in [0, 0.1) is 17.5 Å². The van der Waals surface area contributed by atoms with Crippen molar-refractivity contribution in [1.82, 2.24) is 9.88 Å². The summed E-state index contributed by atoms with van der Waals surface area (Å²) in [5.41, 5.74) is 0.591. The second kappa shape index (κ2) is 8.11. The summed E-state index contributed by atoms with van der Waals surface area (Å²) < 4.78 is 46.4. The van der Waals surface area contributed by atoms with Crippen LogP contribution in [0.15, 0.2) is 53.1 Å². The Morgan fingerprint density at radius 3 is 2.62 bits per heavy atom. The molecule has 1 saturated carbocycles. The van der Waals surface area contributed by atoms with E-state index in [1.807, 2.05) is 0 Å². The maximum Gasteiger partial charge on any atom is 0.223 e. The maximum absolute atomic E-state index is 14.0. The van der Waals surface area contributed by atoms with Crippen molar-refractivity contribution in [3.63, 3.8) is 0 Å². The van der Waals surface area contributed by atoms with Gasteiger partial charge in [-0.25, -0.2) is 18.2 Å². The van der Waals surface area contributed by atoms with E-state index in [1.54, 1.807) is 23.1 Å². The Kier molecular flexibility index (Phi) is 5.38. The Morgan fingerprint density at radius 1 is 1.10 bits per heavy atom. The SMILES string of the molecule is O=C(CCc1ncc(-c2ccc(F)cc2F)o1)N(Cc1ccccc1F)C1CC1. The molecule has 0 atom stereocenters. The third-order valence-electron chi connectivity index (χ3n) is 4.91. The van der Waals surface area contributed by atoms with E-state index < -0.39 is 11.6 Å². The summed E-state index contributed by atoms with van der Waals surface area (Å²) >= 11 is 0. The molecule has 4 nitrogen and oxygen atoms in total. The molecule has 0 aliphatic heterocycles. The van der Waals surface area contributed by atoms with E-state index in [-0.39, 0.29) is 48.5 Å². The van der Waals surface area contributed by atoms with Crippen LogP contribution in [0.2, 0.25) is 0 Å². The van der Waals surface area contributed by atoms with Gasteiger partial charge in [-0.05, 0) is 31.0 Å². The van der Waals surface area contributed by atoms with Gasteiger partial charge in [-0.15, -0.1) is 0 Å². The van der Waals surface area contributed by atoms with Gasteiger partial charge in [0.05, 0.1) is 11.8 Å². The molecule has 0 N–H and O–H groups in total. The molecule has 4 rings (SSSR count). The van der Waals surface area contributed by atoms with Gasteiger partial charge in [0.1, 0.15) is 17.5 Å². The summed E-state index contributed by atoms with van der Waals surface area (Å²) in [5.74, 6) is -1.39. The van der Waals surface area contributed by atoms with E-state index in [9.17, 15) is 18.0 Å². The smallest absolute Gasteiger partial charge is 0.223 e. The topological polar surface area (TPSA) is 46.3 Å². The molecule has 1 aliphatic rings. The molecule has 0 spiro atoms. The highest BCUT2D eigenvalue weighted by Gasteiger charge is 2.32. The van der Waals surface area contributed by atoms with Crippen molar-refractivity contribution in [2.45, 2.75) is 38.3 Å². The molecule has 1 fully saturated rings. The molecule has 2 aromatic carbocycles. The Labute approximate surface area is 166 Å². The molecule has 1 aromatic heterocycles. The summed E-state index contributed by atoms with van der Waals surface area (Å²) in [5, 5.41) is 0. The second-order valence-electron chi connectivity index (χ2n) is 7.09. The van der Waals surface area contributed by atoms with E-state index in [0.29, 0.717) is 11.5 Å². The van der Waals surface area contributed by atoms with Crippen LogP contribution in [0.1, 0.15) is 30.7 Å². The van der Waals surface area contributed by atoms with Crippen LogP contribution in [0.5, 0.6) is 0 Å². The highest BCUT2D eigenvalue weighted by Crippen LogP contribution is 2.30. The number of aromatic nitrogens is 1. The monoisotopic (exact) mass is 400 g/mol. The van der Waals surface area contributed by atoms with E-state index in [0.717, 1.165) is 25.0 Å². The van der Waals surface area contributed by atoms with Gasteiger partial charge in [-0.3, -0.25) is 4.79 Å². The molecule has 1 amide bonds. The number of nitrogens with zero attached hydrogens (tertiary/aromatic N) is 2. The second-order valence-corrected chi connectivity index (χ2v) is 7.09. The summed E-state index contributed by atoms with van der Waals surface area (Å²) in [6.45, 7) is 0.230. The minimum atomic E-state index is -0.742. The van der Waals surface area contributed by atoms with Crippen LogP contribution in [-0.4, -0.2) is 21.8 Å². The Bertz CT molecular complexity index is 1030. The van der Waals surface area contributed by atoms with E-state index in [1.165, 1.54) is 18.3 Å². The van der Waals surface area contributed by atoms with Gasteiger partial charge >= 0.3 is 0 Å². The number of hydrogen-bond acceptors (Lipinski definition) is 3. The fourth-order valence-corrected chi connectivity index (χ4v) is 3.21. The normalized spacial score (nSPS) is 13.5. The number of oxazole rings is 1. The number of aryl methyl sites for hydroxylation is 1. The van der Waals surface area contributed by atoms with Crippen molar-refractivity contribution in [2.75, 3.05) is 0 Å². The fourth-order valence-electron chi connectivity index (χ4n) is 3.21. The van der Waals surface area contributed by atoms with Crippen molar-refractivity contribution in [2.24, 2.45) is 0 Å². The Morgan fingerprint density at radius 2 is 1.90 bits per heavy atom. The third kappa shape index (κ3) is 4.50.